The molecule has 0 N–H and O–H groups in total. The van der Waals surface area contributed by atoms with Crippen LogP contribution in [0.3, 0.4) is 0 Å². The highest BCUT2D eigenvalue weighted by atomic mass is 16.5. The second-order valence-electron chi connectivity index (χ2n) is 5.04. The van der Waals surface area contributed by atoms with Crippen molar-refractivity contribution in [1.29, 1.82) is 0 Å². The van der Waals surface area contributed by atoms with E-state index in [0.29, 0.717) is 12.5 Å². The maximum absolute atomic E-state index is 11.8. The van der Waals surface area contributed by atoms with E-state index in [4.69, 9.17) is 4.74 Å². The summed E-state index contributed by atoms with van der Waals surface area (Å²) in [6.45, 7) is 2.49. The number of pyridine rings is 2. The quantitative estimate of drug-likeness (QED) is 0.742. The lowest BCUT2D eigenvalue weighted by Crippen LogP contribution is -2.15. The van der Waals surface area contributed by atoms with Gasteiger partial charge in [-0.25, -0.2) is 4.98 Å². The standard InChI is InChI=1S/C18H16N2O2/c1-14-5-4-6-15(11-14)13-22-17-12-16(8-9-19-17)20-10-3-2-7-18(20)21/h2-12H,13H2,1H3. The van der Waals surface area contributed by atoms with Gasteiger partial charge in [0, 0.05) is 24.5 Å². The van der Waals surface area contributed by atoms with Crippen LogP contribution >= 0.6 is 0 Å². The first-order valence-corrected chi connectivity index (χ1v) is 7.05. The zero-order chi connectivity index (χ0) is 15.4. The van der Waals surface area contributed by atoms with E-state index in [1.165, 1.54) is 11.6 Å². The van der Waals surface area contributed by atoms with Gasteiger partial charge in [-0.15, -0.1) is 0 Å². The normalized spacial score (nSPS) is 10.4. The molecule has 2 heterocycles. The van der Waals surface area contributed by atoms with E-state index in [9.17, 15) is 4.79 Å². The third-order valence-corrected chi connectivity index (χ3v) is 3.29. The Morgan fingerprint density at radius 1 is 1.09 bits per heavy atom. The first-order chi connectivity index (χ1) is 10.7. The fraction of sp³-hybridized carbons (Fsp3) is 0.111. The maximum atomic E-state index is 11.8. The summed E-state index contributed by atoms with van der Waals surface area (Å²) in [6.07, 6.45) is 3.36. The number of nitrogens with zero attached hydrogens (tertiary/aromatic N) is 2. The Bertz CT molecular complexity index is 840. The molecule has 3 rings (SSSR count). The van der Waals surface area contributed by atoms with Crippen molar-refractivity contribution < 1.29 is 4.74 Å². The Morgan fingerprint density at radius 2 is 2.00 bits per heavy atom. The van der Waals surface area contributed by atoms with Crippen LogP contribution in [0.1, 0.15) is 11.1 Å². The Morgan fingerprint density at radius 3 is 2.82 bits per heavy atom. The average Bonchev–Trinajstić information content (AvgIpc) is 2.54. The SMILES string of the molecule is Cc1cccc(COc2cc(-n3ccccc3=O)ccn2)c1. The molecule has 0 aliphatic carbocycles. The van der Waals surface area contributed by atoms with Crippen molar-refractivity contribution in [3.8, 4) is 11.6 Å². The van der Waals surface area contributed by atoms with E-state index in [1.807, 2.05) is 31.2 Å². The van der Waals surface area contributed by atoms with Crippen molar-refractivity contribution in [3.63, 3.8) is 0 Å². The molecule has 0 amide bonds. The van der Waals surface area contributed by atoms with Crippen LogP contribution in [-0.4, -0.2) is 9.55 Å². The summed E-state index contributed by atoms with van der Waals surface area (Å²) in [6, 6.07) is 16.7. The largest absolute Gasteiger partial charge is 0.473 e. The topological polar surface area (TPSA) is 44.1 Å². The fourth-order valence-corrected chi connectivity index (χ4v) is 2.23. The number of aryl methyl sites for hydroxylation is 1. The summed E-state index contributed by atoms with van der Waals surface area (Å²) in [7, 11) is 0. The van der Waals surface area contributed by atoms with E-state index < -0.39 is 0 Å². The molecule has 1 aromatic carbocycles. The third-order valence-electron chi connectivity index (χ3n) is 3.29. The second-order valence-corrected chi connectivity index (χ2v) is 5.04. The summed E-state index contributed by atoms with van der Waals surface area (Å²) in [4.78, 5) is 16.0. The summed E-state index contributed by atoms with van der Waals surface area (Å²) in [5, 5.41) is 0. The molecule has 22 heavy (non-hydrogen) atoms. The molecule has 0 radical (unpaired) electrons. The van der Waals surface area contributed by atoms with Gasteiger partial charge in [-0.3, -0.25) is 9.36 Å². The molecule has 0 spiro atoms. The minimum absolute atomic E-state index is 0.0849. The van der Waals surface area contributed by atoms with Crippen LogP contribution in [-0.2, 0) is 6.61 Å². The first kappa shape index (κ1) is 14.1. The number of benzene rings is 1. The van der Waals surface area contributed by atoms with Crippen molar-refractivity contribution in [2.75, 3.05) is 0 Å². The molecule has 0 aliphatic heterocycles. The van der Waals surface area contributed by atoms with Gasteiger partial charge < -0.3 is 4.74 Å². The second kappa shape index (κ2) is 6.26. The molecule has 2 aromatic heterocycles. The number of hydrogen-bond acceptors (Lipinski definition) is 3. The van der Waals surface area contributed by atoms with Gasteiger partial charge in [-0.2, -0.15) is 0 Å². The van der Waals surface area contributed by atoms with E-state index in [2.05, 4.69) is 11.1 Å². The highest BCUT2D eigenvalue weighted by molar-refractivity contribution is 5.35. The third kappa shape index (κ3) is 3.23. The molecule has 110 valence electrons. The van der Waals surface area contributed by atoms with E-state index in [1.54, 1.807) is 35.2 Å². The minimum atomic E-state index is -0.0849. The average molecular weight is 292 g/mol. The predicted octanol–water partition coefficient (Wildman–Crippen LogP) is 3.12. The molecule has 4 nitrogen and oxygen atoms in total. The Labute approximate surface area is 128 Å². The van der Waals surface area contributed by atoms with Crippen molar-refractivity contribution >= 4 is 0 Å². The van der Waals surface area contributed by atoms with Crippen LogP contribution in [0.4, 0.5) is 0 Å². The van der Waals surface area contributed by atoms with E-state index in [-0.39, 0.29) is 5.56 Å². The summed E-state index contributed by atoms with van der Waals surface area (Å²) < 4.78 is 7.28. The number of aromatic nitrogens is 2. The van der Waals surface area contributed by atoms with Gasteiger partial charge in [-0.05, 0) is 24.6 Å². The lowest BCUT2D eigenvalue weighted by molar-refractivity contribution is 0.293. The van der Waals surface area contributed by atoms with Gasteiger partial charge in [0.15, 0.2) is 0 Å². The monoisotopic (exact) mass is 292 g/mol. The van der Waals surface area contributed by atoms with E-state index >= 15 is 0 Å². The van der Waals surface area contributed by atoms with Crippen molar-refractivity contribution in [1.82, 2.24) is 9.55 Å². The van der Waals surface area contributed by atoms with Crippen molar-refractivity contribution in [2.24, 2.45) is 0 Å². The lowest BCUT2D eigenvalue weighted by atomic mass is 10.1. The first-order valence-electron chi connectivity index (χ1n) is 7.05. The van der Waals surface area contributed by atoms with Gasteiger partial charge in [-0.1, -0.05) is 35.9 Å². The zero-order valence-corrected chi connectivity index (χ0v) is 12.3. The molecule has 0 bridgehead atoms. The molecule has 0 atom stereocenters. The molecular weight excluding hydrogens is 276 g/mol. The Kier molecular flexibility index (Phi) is 4.01. The summed E-state index contributed by atoms with van der Waals surface area (Å²) in [5.41, 5.74) is 2.93. The number of rotatable bonds is 4. The Balaban J connectivity index is 1.80. The highest BCUT2D eigenvalue weighted by Crippen LogP contribution is 2.14. The minimum Gasteiger partial charge on any atom is -0.473 e. The van der Waals surface area contributed by atoms with E-state index in [0.717, 1.165) is 11.3 Å². The summed E-state index contributed by atoms with van der Waals surface area (Å²) >= 11 is 0. The van der Waals surface area contributed by atoms with Crippen LogP contribution in [0.25, 0.3) is 5.69 Å². The van der Waals surface area contributed by atoms with Crippen LogP contribution in [0.2, 0.25) is 0 Å². The van der Waals surface area contributed by atoms with Crippen molar-refractivity contribution in [2.45, 2.75) is 13.5 Å². The lowest BCUT2D eigenvalue weighted by Gasteiger charge is -2.09. The van der Waals surface area contributed by atoms with Gasteiger partial charge in [0.05, 0.1) is 5.69 Å². The highest BCUT2D eigenvalue weighted by Gasteiger charge is 2.02. The smallest absolute Gasteiger partial charge is 0.255 e. The van der Waals surface area contributed by atoms with Gasteiger partial charge in [0.2, 0.25) is 5.88 Å². The molecule has 4 heteroatoms. The Hall–Kier alpha value is -2.88. The zero-order valence-electron chi connectivity index (χ0n) is 12.3. The molecule has 0 unspecified atom stereocenters. The van der Waals surface area contributed by atoms with Gasteiger partial charge >= 0.3 is 0 Å². The maximum Gasteiger partial charge on any atom is 0.255 e. The van der Waals surface area contributed by atoms with Crippen LogP contribution in [0.5, 0.6) is 5.88 Å². The van der Waals surface area contributed by atoms with Crippen molar-refractivity contribution in [3.05, 3.63) is 88.5 Å². The molecular formula is C18H16N2O2. The predicted molar refractivity (Wildman–Crippen MR) is 85.3 cm³/mol. The molecule has 3 aromatic rings. The molecule has 0 saturated heterocycles. The van der Waals surface area contributed by atoms with Gasteiger partial charge in [0.1, 0.15) is 6.61 Å². The molecule has 0 fully saturated rings. The molecule has 0 aliphatic rings. The van der Waals surface area contributed by atoms with Gasteiger partial charge in [0.25, 0.3) is 5.56 Å². The fourth-order valence-electron chi connectivity index (χ4n) is 2.23. The molecule has 0 saturated carbocycles. The van der Waals surface area contributed by atoms with Crippen LogP contribution < -0.4 is 10.3 Å². The number of ether oxygens (including phenoxy) is 1. The summed E-state index contributed by atoms with van der Waals surface area (Å²) in [5.74, 6) is 0.495. The number of hydrogen-bond donors (Lipinski definition) is 0. The van der Waals surface area contributed by atoms with Crippen LogP contribution in [0, 0.1) is 6.92 Å². The van der Waals surface area contributed by atoms with Crippen LogP contribution in [0.15, 0.2) is 71.8 Å².